The second kappa shape index (κ2) is 9.12. The van der Waals surface area contributed by atoms with Gasteiger partial charge >= 0.3 is 0 Å². The largest absolute Gasteiger partial charge is 0.486 e. The molecule has 0 unspecified atom stereocenters. The summed E-state index contributed by atoms with van der Waals surface area (Å²) >= 11 is 1.30. The molecule has 8 nitrogen and oxygen atoms in total. The summed E-state index contributed by atoms with van der Waals surface area (Å²) in [7, 11) is -3.77. The third-order valence-electron chi connectivity index (χ3n) is 5.68. The molecule has 2 aromatic carbocycles. The Morgan fingerprint density at radius 2 is 1.85 bits per heavy atom. The van der Waals surface area contributed by atoms with Gasteiger partial charge in [-0.3, -0.25) is 4.79 Å². The van der Waals surface area contributed by atoms with Crippen LogP contribution < -0.4 is 14.8 Å². The van der Waals surface area contributed by atoms with E-state index in [1.54, 1.807) is 30.3 Å². The molecular formula is C23H23N3O5S2. The van der Waals surface area contributed by atoms with Crippen LogP contribution in [0.15, 0.2) is 58.8 Å². The van der Waals surface area contributed by atoms with Crippen molar-refractivity contribution in [3.8, 4) is 22.8 Å². The first-order chi connectivity index (χ1) is 16.0. The minimum Gasteiger partial charge on any atom is -0.486 e. The van der Waals surface area contributed by atoms with E-state index < -0.39 is 16.1 Å². The van der Waals surface area contributed by atoms with Crippen molar-refractivity contribution in [2.75, 3.05) is 25.1 Å². The number of benzene rings is 2. The van der Waals surface area contributed by atoms with Gasteiger partial charge in [0.05, 0.1) is 10.6 Å². The van der Waals surface area contributed by atoms with E-state index in [4.69, 9.17) is 9.47 Å². The molecule has 1 atom stereocenters. The lowest BCUT2D eigenvalue weighted by Gasteiger charge is -2.33. The Hall–Kier alpha value is -2.95. The second-order valence-corrected chi connectivity index (χ2v) is 10.6. The van der Waals surface area contributed by atoms with Crippen molar-refractivity contribution in [3.63, 3.8) is 0 Å². The Morgan fingerprint density at radius 3 is 2.67 bits per heavy atom. The van der Waals surface area contributed by atoms with Crippen LogP contribution in [-0.4, -0.2) is 49.4 Å². The normalized spacial score (nSPS) is 18.6. The monoisotopic (exact) mass is 485 g/mol. The molecule has 1 fully saturated rings. The molecule has 1 aromatic heterocycles. The van der Waals surface area contributed by atoms with Crippen LogP contribution in [0.1, 0.15) is 19.3 Å². The van der Waals surface area contributed by atoms with Crippen molar-refractivity contribution in [2.45, 2.75) is 30.2 Å². The lowest BCUT2D eigenvalue weighted by molar-refractivity contribution is -0.120. The number of anilines is 1. The summed E-state index contributed by atoms with van der Waals surface area (Å²) in [6.45, 7) is 1.34. The summed E-state index contributed by atoms with van der Waals surface area (Å²) in [5, 5.41) is 5.10. The van der Waals surface area contributed by atoms with Gasteiger partial charge in [0, 0.05) is 17.5 Å². The van der Waals surface area contributed by atoms with E-state index in [9.17, 15) is 13.2 Å². The van der Waals surface area contributed by atoms with Crippen molar-refractivity contribution >= 4 is 32.4 Å². The Balaban J connectivity index is 1.33. The van der Waals surface area contributed by atoms with Crippen LogP contribution >= 0.6 is 11.3 Å². The molecule has 3 aromatic rings. The highest BCUT2D eigenvalue weighted by atomic mass is 32.2. The number of sulfonamides is 1. The second-order valence-electron chi connectivity index (χ2n) is 7.83. The smallest absolute Gasteiger partial charge is 0.244 e. The molecule has 0 aliphatic carbocycles. The summed E-state index contributed by atoms with van der Waals surface area (Å²) < 4.78 is 38.8. The maximum Gasteiger partial charge on any atom is 0.244 e. The van der Waals surface area contributed by atoms with Crippen molar-refractivity contribution in [2.24, 2.45) is 0 Å². The summed E-state index contributed by atoms with van der Waals surface area (Å²) in [6, 6.07) is 13.1. The number of amides is 1. The SMILES string of the molecule is O=C(Nc1nc(-c2ccc3c(c2)OCCO3)cs1)[C@H]1CCCCN1S(=O)(=O)c1ccccc1. The highest BCUT2D eigenvalue weighted by Crippen LogP contribution is 2.35. The Bertz CT molecular complexity index is 1260. The summed E-state index contributed by atoms with van der Waals surface area (Å²) in [6.07, 6.45) is 1.98. The van der Waals surface area contributed by atoms with Gasteiger partial charge in [-0.1, -0.05) is 24.6 Å². The maximum atomic E-state index is 13.2. The molecule has 3 heterocycles. The number of carbonyl (C=O) groups is 1. The Labute approximate surface area is 196 Å². The first-order valence-corrected chi connectivity index (χ1v) is 13.1. The summed E-state index contributed by atoms with van der Waals surface area (Å²) in [4.78, 5) is 17.8. The molecule has 2 aliphatic rings. The number of rotatable bonds is 5. The zero-order valence-electron chi connectivity index (χ0n) is 17.8. The van der Waals surface area contributed by atoms with E-state index in [1.807, 2.05) is 23.6 Å². The standard InChI is InChI=1S/C23H23N3O5S2/c27-22(19-8-4-5-11-26(19)33(28,29)17-6-2-1-3-7-17)25-23-24-18(15-32-23)16-9-10-20-21(14-16)31-13-12-30-20/h1-3,6-7,9-10,14-15,19H,4-5,8,11-13H2,(H,24,25,27)/t19-/m1/s1. The zero-order valence-corrected chi connectivity index (χ0v) is 19.4. The molecule has 2 aliphatic heterocycles. The van der Waals surface area contributed by atoms with Crippen molar-refractivity contribution in [3.05, 3.63) is 53.9 Å². The molecule has 0 saturated carbocycles. The molecule has 1 N–H and O–H groups in total. The number of aromatic nitrogens is 1. The molecule has 172 valence electrons. The quantitative estimate of drug-likeness (QED) is 0.591. The molecule has 1 amide bonds. The van der Waals surface area contributed by atoms with E-state index >= 15 is 0 Å². The van der Waals surface area contributed by atoms with E-state index in [-0.39, 0.29) is 10.8 Å². The number of hydrogen-bond donors (Lipinski definition) is 1. The van der Waals surface area contributed by atoms with E-state index in [1.165, 1.54) is 15.6 Å². The molecule has 0 radical (unpaired) electrons. The molecule has 0 bridgehead atoms. The molecule has 0 spiro atoms. The van der Waals surface area contributed by atoms with Gasteiger partial charge in [-0.15, -0.1) is 11.3 Å². The van der Waals surface area contributed by atoms with E-state index in [0.717, 1.165) is 18.4 Å². The highest BCUT2D eigenvalue weighted by Gasteiger charge is 2.37. The Kier molecular flexibility index (Phi) is 6.05. The minimum absolute atomic E-state index is 0.194. The van der Waals surface area contributed by atoms with Gasteiger partial charge in [0.1, 0.15) is 19.3 Å². The van der Waals surface area contributed by atoms with Gasteiger partial charge in [-0.25, -0.2) is 13.4 Å². The number of carbonyl (C=O) groups excluding carboxylic acids is 1. The fraction of sp³-hybridized carbons (Fsp3) is 0.304. The highest BCUT2D eigenvalue weighted by molar-refractivity contribution is 7.89. The molecular weight excluding hydrogens is 462 g/mol. The number of nitrogens with zero attached hydrogens (tertiary/aromatic N) is 2. The third kappa shape index (κ3) is 4.46. The molecule has 1 saturated heterocycles. The zero-order chi connectivity index (χ0) is 22.8. The molecule has 33 heavy (non-hydrogen) atoms. The number of hydrogen-bond acceptors (Lipinski definition) is 7. The van der Waals surface area contributed by atoms with Gasteiger partial charge in [0.2, 0.25) is 15.9 Å². The van der Waals surface area contributed by atoms with Crippen LogP contribution in [0.2, 0.25) is 0 Å². The topological polar surface area (TPSA) is 97.8 Å². The number of nitrogens with one attached hydrogen (secondary N) is 1. The molecule has 5 rings (SSSR count). The fourth-order valence-corrected chi connectivity index (χ4v) is 6.44. The van der Waals surface area contributed by atoms with Crippen molar-refractivity contribution in [1.82, 2.24) is 9.29 Å². The van der Waals surface area contributed by atoms with E-state index in [0.29, 0.717) is 48.5 Å². The number of thiazole rings is 1. The van der Waals surface area contributed by atoms with Crippen LogP contribution in [0.4, 0.5) is 5.13 Å². The van der Waals surface area contributed by atoms with Crippen LogP contribution in [-0.2, 0) is 14.8 Å². The van der Waals surface area contributed by atoms with Gasteiger partial charge in [0.25, 0.3) is 0 Å². The number of ether oxygens (including phenoxy) is 2. The summed E-state index contributed by atoms with van der Waals surface area (Å²) in [5.41, 5.74) is 1.55. The van der Waals surface area contributed by atoms with Crippen LogP contribution in [0, 0.1) is 0 Å². The predicted octanol–water partition coefficient (Wildman–Crippen LogP) is 3.76. The van der Waals surface area contributed by atoms with Gasteiger partial charge in [0.15, 0.2) is 16.6 Å². The third-order valence-corrected chi connectivity index (χ3v) is 8.36. The van der Waals surface area contributed by atoms with Gasteiger partial charge in [-0.05, 0) is 43.2 Å². The first-order valence-electron chi connectivity index (χ1n) is 10.8. The van der Waals surface area contributed by atoms with Crippen molar-refractivity contribution < 1.29 is 22.7 Å². The lowest BCUT2D eigenvalue weighted by atomic mass is 10.0. The number of piperidine rings is 1. The number of fused-ring (bicyclic) bond motifs is 1. The van der Waals surface area contributed by atoms with Gasteiger partial charge in [-0.2, -0.15) is 4.31 Å². The maximum absolute atomic E-state index is 13.2. The van der Waals surface area contributed by atoms with Crippen LogP contribution in [0.5, 0.6) is 11.5 Å². The predicted molar refractivity (Wildman–Crippen MR) is 125 cm³/mol. The van der Waals surface area contributed by atoms with Crippen molar-refractivity contribution in [1.29, 1.82) is 0 Å². The average molecular weight is 486 g/mol. The van der Waals surface area contributed by atoms with Crippen LogP contribution in [0.25, 0.3) is 11.3 Å². The van der Waals surface area contributed by atoms with E-state index in [2.05, 4.69) is 10.3 Å². The minimum atomic E-state index is -3.77. The average Bonchev–Trinajstić information content (AvgIpc) is 3.32. The Morgan fingerprint density at radius 1 is 1.06 bits per heavy atom. The van der Waals surface area contributed by atoms with Gasteiger partial charge < -0.3 is 14.8 Å². The molecule has 10 heteroatoms. The summed E-state index contributed by atoms with van der Waals surface area (Å²) in [5.74, 6) is 1.00. The lowest BCUT2D eigenvalue weighted by Crippen LogP contribution is -2.49. The first kappa shape index (κ1) is 21.9. The van der Waals surface area contributed by atoms with Crippen LogP contribution in [0.3, 0.4) is 0 Å². The fourth-order valence-electron chi connectivity index (χ4n) is 4.04.